The van der Waals surface area contributed by atoms with Crippen molar-refractivity contribution >= 4 is 0 Å². The van der Waals surface area contributed by atoms with Crippen LogP contribution >= 0.6 is 0 Å². The van der Waals surface area contributed by atoms with E-state index in [0.29, 0.717) is 13.2 Å². The summed E-state index contributed by atoms with van der Waals surface area (Å²) in [7, 11) is 0. The summed E-state index contributed by atoms with van der Waals surface area (Å²) in [6.45, 7) is 10.9. The van der Waals surface area contributed by atoms with Gasteiger partial charge in [-0.25, -0.2) is 0 Å². The fourth-order valence-corrected chi connectivity index (χ4v) is 1.95. The highest BCUT2D eigenvalue weighted by Crippen LogP contribution is 2.32. The minimum Gasteiger partial charge on any atom is -0.492 e. The van der Waals surface area contributed by atoms with Crippen molar-refractivity contribution < 1.29 is 9.84 Å². The summed E-state index contributed by atoms with van der Waals surface area (Å²) in [6.07, 6.45) is 1.04. The lowest BCUT2D eigenvalue weighted by atomic mass is 9.85. The fraction of sp³-hybridized carbons (Fsp3) is 0.625. The van der Waals surface area contributed by atoms with Gasteiger partial charge in [-0.05, 0) is 29.0 Å². The maximum absolute atomic E-state index is 8.69. The van der Waals surface area contributed by atoms with E-state index in [1.807, 2.05) is 0 Å². The maximum Gasteiger partial charge on any atom is 0.123 e. The van der Waals surface area contributed by atoms with Gasteiger partial charge in [-0.2, -0.15) is 0 Å². The lowest BCUT2D eigenvalue weighted by Crippen LogP contribution is -2.24. The lowest BCUT2D eigenvalue weighted by Gasteiger charge is -2.23. The molecule has 3 nitrogen and oxygen atoms in total. The average Bonchev–Trinajstić information content (AvgIpc) is 2.37. The second-order valence-electron chi connectivity index (χ2n) is 5.76. The van der Waals surface area contributed by atoms with E-state index < -0.39 is 0 Å². The quantitative estimate of drug-likeness (QED) is 0.744. The third-order valence-corrected chi connectivity index (χ3v) is 3.09. The summed E-state index contributed by atoms with van der Waals surface area (Å²) in [5.74, 6) is 0.968. The van der Waals surface area contributed by atoms with E-state index in [2.05, 4.69) is 51.2 Å². The Morgan fingerprint density at radius 3 is 2.53 bits per heavy atom. The summed E-state index contributed by atoms with van der Waals surface area (Å²) < 4.78 is 5.87. The number of aliphatic hydroxyl groups is 1. The molecule has 0 aromatic heterocycles. The highest BCUT2D eigenvalue weighted by molar-refractivity contribution is 5.41. The number of ether oxygens (including phenoxy) is 1. The third-order valence-electron chi connectivity index (χ3n) is 3.09. The number of nitrogens with one attached hydrogen (secondary N) is 1. The largest absolute Gasteiger partial charge is 0.492 e. The average molecular weight is 265 g/mol. The number of hydrogen-bond acceptors (Lipinski definition) is 3. The van der Waals surface area contributed by atoms with Crippen LogP contribution < -0.4 is 10.1 Å². The van der Waals surface area contributed by atoms with Crippen LogP contribution in [-0.4, -0.2) is 31.4 Å². The van der Waals surface area contributed by atoms with Gasteiger partial charge < -0.3 is 15.2 Å². The van der Waals surface area contributed by atoms with Gasteiger partial charge in [0.25, 0.3) is 0 Å². The van der Waals surface area contributed by atoms with Gasteiger partial charge in [-0.3, -0.25) is 0 Å². The van der Waals surface area contributed by atoms with Gasteiger partial charge in [0.05, 0.1) is 6.61 Å². The van der Waals surface area contributed by atoms with Crippen LogP contribution in [0.5, 0.6) is 5.75 Å². The first kappa shape index (κ1) is 16.0. The molecule has 1 aromatic carbocycles. The second kappa shape index (κ2) is 7.51. The lowest BCUT2D eigenvalue weighted by molar-refractivity contribution is 0.273. The summed E-state index contributed by atoms with van der Waals surface area (Å²) >= 11 is 0. The van der Waals surface area contributed by atoms with Crippen molar-refractivity contribution in [2.45, 2.75) is 39.5 Å². The molecule has 0 aliphatic carbocycles. The van der Waals surface area contributed by atoms with E-state index in [0.717, 1.165) is 18.7 Å². The summed E-state index contributed by atoms with van der Waals surface area (Å²) in [6, 6.07) is 6.45. The van der Waals surface area contributed by atoms with Crippen molar-refractivity contribution in [3.05, 3.63) is 29.3 Å². The molecule has 19 heavy (non-hydrogen) atoms. The predicted molar refractivity (Wildman–Crippen MR) is 80.0 cm³/mol. The molecular formula is C16H27NO2. The van der Waals surface area contributed by atoms with Crippen molar-refractivity contribution in [2.24, 2.45) is 0 Å². The Bertz CT molecular complexity index is 383. The Morgan fingerprint density at radius 1 is 1.21 bits per heavy atom. The summed E-state index contributed by atoms with van der Waals surface area (Å²) in [5, 5.41) is 11.8. The van der Waals surface area contributed by atoms with Gasteiger partial charge in [0.1, 0.15) is 12.4 Å². The van der Waals surface area contributed by atoms with Gasteiger partial charge in [-0.15, -0.1) is 0 Å². The molecule has 0 amide bonds. The van der Waals surface area contributed by atoms with E-state index in [4.69, 9.17) is 9.84 Å². The minimum atomic E-state index is 0.0824. The minimum absolute atomic E-state index is 0.0824. The van der Waals surface area contributed by atoms with Gasteiger partial charge in [0.15, 0.2) is 0 Å². The van der Waals surface area contributed by atoms with Crippen molar-refractivity contribution in [1.82, 2.24) is 5.32 Å². The number of aliphatic hydroxyl groups excluding tert-OH is 1. The van der Waals surface area contributed by atoms with Crippen molar-refractivity contribution in [2.75, 3.05) is 26.3 Å². The van der Waals surface area contributed by atoms with Crippen LogP contribution in [0.3, 0.4) is 0 Å². The molecule has 0 saturated heterocycles. The van der Waals surface area contributed by atoms with E-state index >= 15 is 0 Å². The van der Waals surface area contributed by atoms with Gasteiger partial charge in [-0.1, -0.05) is 39.8 Å². The van der Waals surface area contributed by atoms with Gasteiger partial charge in [0, 0.05) is 13.1 Å². The molecule has 1 aromatic rings. The van der Waals surface area contributed by atoms with Crippen molar-refractivity contribution in [3.63, 3.8) is 0 Å². The third kappa shape index (κ3) is 5.21. The van der Waals surface area contributed by atoms with Crippen molar-refractivity contribution in [3.8, 4) is 5.75 Å². The smallest absolute Gasteiger partial charge is 0.123 e. The first-order chi connectivity index (χ1) is 8.99. The molecular weight excluding hydrogens is 238 g/mol. The summed E-state index contributed by atoms with van der Waals surface area (Å²) in [5.41, 5.74) is 2.68. The zero-order chi connectivity index (χ0) is 14.3. The number of benzene rings is 1. The van der Waals surface area contributed by atoms with Crippen LogP contribution in [0, 0.1) is 0 Å². The molecule has 0 heterocycles. The molecule has 0 unspecified atom stereocenters. The topological polar surface area (TPSA) is 41.5 Å². The van der Waals surface area contributed by atoms with E-state index in [-0.39, 0.29) is 12.0 Å². The number of aryl methyl sites for hydroxylation is 1. The highest BCUT2D eigenvalue weighted by atomic mass is 16.5. The zero-order valence-corrected chi connectivity index (χ0v) is 12.6. The Hall–Kier alpha value is -1.06. The molecule has 108 valence electrons. The molecule has 0 saturated carbocycles. The van der Waals surface area contributed by atoms with Crippen molar-refractivity contribution in [1.29, 1.82) is 0 Å². The van der Waals surface area contributed by atoms with Crippen LogP contribution in [0.25, 0.3) is 0 Å². The van der Waals surface area contributed by atoms with Crippen LogP contribution in [0.4, 0.5) is 0 Å². The van der Waals surface area contributed by atoms with Crippen LogP contribution in [-0.2, 0) is 11.8 Å². The molecule has 0 spiro atoms. The number of rotatable bonds is 7. The molecule has 0 bridgehead atoms. The Morgan fingerprint density at radius 2 is 1.95 bits per heavy atom. The fourth-order valence-electron chi connectivity index (χ4n) is 1.95. The van der Waals surface area contributed by atoms with E-state index in [9.17, 15) is 0 Å². The Kier molecular flexibility index (Phi) is 6.32. The Labute approximate surface area is 117 Å². The predicted octanol–water partition coefficient (Wildman–Crippen LogP) is 2.51. The first-order valence-corrected chi connectivity index (χ1v) is 7.06. The van der Waals surface area contributed by atoms with Crippen LogP contribution in [0.1, 0.15) is 38.8 Å². The monoisotopic (exact) mass is 265 g/mol. The molecule has 0 radical (unpaired) electrons. The maximum atomic E-state index is 8.69. The van der Waals surface area contributed by atoms with Gasteiger partial charge >= 0.3 is 0 Å². The molecule has 0 aliphatic heterocycles. The van der Waals surface area contributed by atoms with E-state index in [1.54, 1.807) is 0 Å². The SMILES string of the molecule is CCc1ccc(OCCNCCO)c(C(C)(C)C)c1. The molecule has 0 atom stereocenters. The molecule has 3 heteroatoms. The summed E-state index contributed by atoms with van der Waals surface area (Å²) in [4.78, 5) is 0. The zero-order valence-electron chi connectivity index (χ0n) is 12.6. The van der Waals surface area contributed by atoms with Crippen LogP contribution in [0.2, 0.25) is 0 Å². The highest BCUT2D eigenvalue weighted by Gasteiger charge is 2.19. The Balaban J connectivity index is 2.71. The standard InChI is InChI=1S/C16H27NO2/c1-5-13-6-7-15(14(12-13)16(2,3)4)19-11-9-17-8-10-18/h6-7,12,17-18H,5,8-11H2,1-4H3. The van der Waals surface area contributed by atoms with E-state index in [1.165, 1.54) is 11.1 Å². The molecule has 0 fully saturated rings. The molecule has 0 aliphatic rings. The number of hydrogen-bond donors (Lipinski definition) is 2. The first-order valence-electron chi connectivity index (χ1n) is 7.06. The normalized spacial score (nSPS) is 11.6. The van der Waals surface area contributed by atoms with Gasteiger partial charge in [0.2, 0.25) is 0 Å². The molecule has 1 rings (SSSR count). The second-order valence-corrected chi connectivity index (χ2v) is 5.76. The molecule has 2 N–H and O–H groups in total. The van der Waals surface area contributed by atoms with Crippen LogP contribution in [0.15, 0.2) is 18.2 Å².